The van der Waals surface area contributed by atoms with Gasteiger partial charge in [-0.2, -0.15) is 0 Å². The Morgan fingerprint density at radius 3 is 2.47 bits per heavy atom. The Hall–Kier alpha value is -1.53. The average Bonchev–Trinajstić information content (AvgIpc) is 2.36. The Morgan fingerprint density at radius 1 is 1.11 bits per heavy atom. The van der Waals surface area contributed by atoms with Crippen molar-refractivity contribution in [3.63, 3.8) is 0 Å². The number of halogens is 2. The van der Waals surface area contributed by atoms with Gasteiger partial charge < -0.3 is 16.2 Å². The minimum absolute atomic E-state index is 0.163. The van der Waals surface area contributed by atoms with Crippen LogP contribution in [0.1, 0.15) is 10.4 Å². The van der Waals surface area contributed by atoms with Crippen molar-refractivity contribution in [1.82, 2.24) is 0 Å². The van der Waals surface area contributed by atoms with Gasteiger partial charge in [0.1, 0.15) is 0 Å². The first-order valence-electron chi connectivity index (χ1n) is 5.32. The molecule has 0 aromatic heterocycles. The summed E-state index contributed by atoms with van der Waals surface area (Å²) in [4.78, 5) is 10.8. The molecule has 19 heavy (non-hydrogen) atoms. The van der Waals surface area contributed by atoms with Gasteiger partial charge in [-0.3, -0.25) is 0 Å². The van der Waals surface area contributed by atoms with Crippen LogP contribution in [-0.4, -0.2) is 11.1 Å². The lowest BCUT2D eigenvalue weighted by Gasteiger charge is -2.12. The number of carboxylic acid groups (broad SMARTS) is 1. The number of hydrogen-bond donors (Lipinski definition) is 3. The van der Waals surface area contributed by atoms with Crippen molar-refractivity contribution in [2.75, 3.05) is 11.1 Å². The second-order valence-corrected chi connectivity index (χ2v) is 5.63. The van der Waals surface area contributed by atoms with Gasteiger partial charge in [0.15, 0.2) is 0 Å². The zero-order valence-electron chi connectivity index (χ0n) is 9.65. The van der Waals surface area contributed by atoms with Gasteiger partial charge in [-0.25, -0.2) is 4.79 Å². The number of rotatable bonds is 3. The Kier molecular flexibility index (Phi) is 4.11. The summed E-state index contributed by atoms with van der Waals surface area (Å²) in [5.74, 6) is -0.998. The van der Waals surface area contributed by atoms with E-state index in [9.17, 15) is 4.79 Å². The number of hydrogen-bond acceptors (Lipinski definition) is 3. The van der Waals surface area contributed by atoms with Crippen molar-refractivity contribution < 1.29 is 9.90 Å². The summed E-state index contributed by atoms with van der Waals surface area (Å²) in [6.07, 6.45) is 0. The maximum absolute atomic E-state index is 10.8. The van der Waals surface area contributed by atoms with Crippen LogP contribution < -0.4 is 11.1 Å². The van der Waals surface area contributed by atoms with Gasteiger partial charge in [0.05, 0.1) is 22.6 Å². The van der Waals surface area contributed by atoms with Crippen LogP contribution in [0.25, 0.3) is 0 Å². The van der Waals surface area contributed by atoms with Crippen molar-refractivity contribution in [2.45, 2.75) is 0 Å². The zero-order chi connectivity index (χ0) is 14.0. The third kappa shape index (κ3) is 3.27. The molecular weight excluding hydrogens is 376 g/mol. The predicted octanol–water partition coefficient (Wildman–Crippen LogP) is 4.24. The molecule has 2 aromatic rings. The number of aromatic carboxylic acids is 1. The summed E-state index contributed by atoms with van der Waals surface area (Å²) in [6.45, 7) is 0. The lowest BCUT2D eigenvalue weighted by atomic mass is 10.1. The van der Waals surface area contributed by atoms with E-state index in [0.29, 0.717) is 11.4 Å². The van der Waals surface area contributed by atoms with Gasteiger partial charge in [-0.05, 0) is 52.3 Å². The van der Waals surface area contributed by atoms with Crippen LogP contribution in [0.5, 0.6) is 0 Å². The van der Waals surface area contributed by atoms with E-state index in [0.717, 1.165) is 14.6 Å². The maximum atomic E-state index is 10.8. The first kappa shape index (κ1) is 13.9. The van der Waals surface area contributed by atoms with E-state index < -0.39 is 5.97 Å². The normalized spacial score (nSPS) is 10.2. The molecule has 0 fully saturated rings. The van der Waals surface area contributed by atoms with Gasteiger partial charge in [-0.15, -0.1) is 0 Å². The SMILES string of the molecule is Nc1cc(C(=O)O)ccc1Nc1cc(Br)ccc1Br. The van der Waals surface area contributed by atoms with Gasteiger partial charge in [0, 0.05) is 8.95 Å². The van der Waals surface area contributed by atoms with E-state index in [1.54, 1.807) is 6.07 Å². The fraction of sp³-hybridized carbons (Fsp3) is 0. The van der Waals surface area contributed by atoms with E-state index in [4.69, 9.17) is 10.8 Å². The zero-order valence-corrected chi connectivity index (χ0v) is 12.8. The standard InChI is InChI=1S/C13H10Br2N2O2/c14-8-2-3-9(15)12(6-8)17-11-4-1-7(13(18)19)5-10(11)16/h1-6,17H,16H2,(H,18,19). The lowest BCUT2D eigenvalue weighted by Crippen LogP contribution is -2.01. The number of nitrogens with two attached hydrogens (primary N) is 1. The largest absolute Gasteiger partial charge is 0.478 e. The van der Waals surface area contributed by atoms with Crippen LogP contribution in [0, 0.1) is 0 Å². The fourth-order valence-corrected chi connectivity index (χ4v) is 2.25. The molecule has 0 atom stereocenters. The van der Waals surface area contributed by atoms with Crippen LogP contribution >= 0.6 is 31.9 Å². The number of carbonyl (C=O) groups is 1. The molecule has 0 saturated carbocycles. The summed E-state index contributed by atoms with van der Waals surface area (Å²) >= 11 is 6.82. The summed E-state index contributed by atoms with van der Waals surface area (Å²) in [5.41, 5.74) is 7.88. The molecule has 0 saturated heterocycles. The van der Waals surface area contributed by atoms with E-state index in [1.165, 1.54) is 12.1 Å². The molecule has 2 aromatic carbocycles. The maximum Gasteiger partial charge on any atom is 0.335 e. The fourth-order valence-electron chi connectivity index (χ4n) is 1.55. The summed E-state index contributed by atoms with van der Waals surface area (Å²) in [5, 5.41) is 12.0. The van der Waals surface area contributed by atoms with Crippen molar-refractivity contribution in [3.8, 4) is 0 Å². The molecule has 0 aliphatic heterocycles. The summed E-state index contributed by atoms with van der Waals surface area (Å²) in [7, 11) is 0. The minimum atomic E-state index is -0.998. The molecule has 0 radical (unpaired) electrons. The van der Waals surface area contributed by atoms with E-state index >= 15 is 0 Å². The average molecular weight is 386 g/mol. The second-order valence-electron chi connectivity index (χ2n) is 3.86. The number of nitrogens with one attached hydrogen (secondary N) is 1. The van der Waals surface area contributed by atoms with Crippen LogP contribution in [-0.2, 0) is 0 Å². The van der Waals surface area contributed by atoms with Crippen LogP contribution in [0.3, 0.4) is 0 Å². The number of nitrogen functional groups attached to an aromatic ring is 1. The first-order chi connectivity index (χ1) is 8.97. The molecular formula is C13H10Br2N2O2. The molecule has 6 heteroatoms. The molecule has 98 valence electrons. The second kappa shape index (κ2) is 5.63. The summed E-state index contributed by atoms with van der Waals surface area (Å²) < 4.78 is 1.82. The molecule has 4 N–H and O–H groups in total. The number of anilines is 3. The molecule has 0 bridgehead atoms. The van der Waals surface area contributed by atoms with E-state index in [2.05, 4.69) is 37.2 Å². The van der Waals surface area contributed by atoms with Crippen LogP contribution in [0.4, 0.5) is 17.1 Å². The highest BCUT2D eigenvalue weighted by Gasteiger charge is 2.08. The van der Waals surface area contributed by atoms with Crippen LogP contribution in [0.15, 0.2) is 45.3 Å². The van der Waals surface area contributed by atoms with Gasteiger partial charge in [0.25, 0.3) is 0 Å². The highest BCUT2D eigenvalue weighted by molar-refractivity contribution is 9.11. The smallest absolute Gasteiger partial charge is 0.335 e. The van der Waals surface area contributed by atoms with Crippen molar-refractivity contribution in [1.29, 1.82) is 0 Å². The van der Waals surface area contributed by atoms with E-state index in [1.807, 2.05) is 18.2 Å². The molecule has 4 nitrogen and oxygen atoms in total. The quantitative estimate of drug-likeness (QED) is 0.691. The minimum Gasteiger partial charge on any atom is -0.478 e. The monoisotopic (exact) mass is 384 g/mol. The third-order valence-electron chi connectivity index (χ3n) is 2.50. The van der Waals surface area contributed by atoms with E-state index in [-0.39, 0.29) is 5.56 Å². The molecule has 0 aliphatic rings. The van der Waals surface area contributed by atoms with Gasteiger partial charge >= 0.3 is 5.97 Å². The van der Waals surface area contributed by atoms with Crippen molar-refractivity contribution >= 4 is 54.9 Å². The predicted molar refractivity (Wildman–Crippen MR) is 82.9 cm³/mol. The molecule has 0 heterocycles. The molecule has 0 aliphatic carbocycles. The van der Waals surface area contributed by atoms with Crippen LogP contribution in [0.2, 0.25) is 0 Å². The van der Waals surface area contributed by atoms with Crippen molar-refractivity contribution in [3.05, 3.63) is 50.9 Å². The molecule has 0 spiro atoms. The topological polar surface area (TPSA) is 75.4 Å². The Balaban J connectivity index is 2.33. The van der Waals surface area contributed by atoms with Gasteiger partial charge in [-0.1, -0.05) is 15.9 Å². The first-order valence-corrected chi connectivity index (χ1v) is 6.91. The number of benzene rings is 2. The van der Waals surface area contributed by atoms with Gasteiger partial charge in [0.2, 0.25) is 0 Å². The molecule has 2 rings (SSSR count). The number of carboxylic acids is 1. The summed E-state index contributed by atoms with van der Waals surface area (Å²) in [6, 6.07) is 10.3. The highest BCUT2D eigenvalue weighted by Crippen LogP contribution is 2.31. The Morgan fingerprint density at radius 2 is 1.84 bits per heavy atom. The Labute approximate surface area is 126 Å². The lowest BCUT2D eigenvalue weighted by molar-refractivity contribution is 0.0697. The Bertz CT molecular complexity index is 645. The molecule has 0 amide bonds. The third-order valence-corrected chi connectivity index (χ3v) is 3.68. The molecule has 0 unspecified atom stereocenters. The van der Waals surface area contributed by atoms with Crippen molar-refractivity contribution in [2.24, 2.45) is 0 Å². The highest BCUT2D eigenvalue weighted by atomic mass is 79.9.